The van der Waals surface area contributed by atoms with E-state index in [0.717, 1.165) is 37.2 Å². The molecule has 1 aliphatic rings. The first kappa shape index (κ1) is 13.9. The highest BCUT2D eigenvalue weighted by Gasteiger charge is 2.21. The van der Waals surface area contributed by atoms with Crippen molar-refractivity contribution in [2.24, 2.45) is 11.7 Å². The molecule has 1 saturated heterocycles. The third-order valence-electron chi connectivity index (χ3n) is 3.81. The number of hydrogen-bond acceptors (Lipinski definition) is 4. The van der Waals surface area contributed by atoms with Crippen LogP contribution in [0.15, 0.2) is 18.2 Å². The molecule has 0 saturated carbocycles. The molecule has 1 heterocycles. The normalized spacial score (nSPS) is 19.2. The first-order chi connectivity index (χ1) is 9.28. The van der Waals surface area contributed by atoms with E-state index < -0.39 is 0 Å². The van der Waals surface area contributed by atoms with E-state index in [1.807, 2.05) is 18.2 Å². The highest BCUT2D eigenvalue weighted by atomic mass is 16.3. The van der Waals surface area contributed by atoms with Crippen molar-refractivity contribution in [2.45, 2.75) is 25.8 Å². The van der Waals surface area contributed by atoms with Crippen LogP contribution in [0, 0.1) is 17.2 Å². The van der Waals surface area contributed by atoms with Gasteiger partial charge in [0.15, 0.2) is 0 Å². The van der Waals surface area contributed by atoms with E-state index in [2.05, 4.69) is 11.0 Å². The van der Waals surface area contributed by atoms with Gasteiger partial charge in [-0.15, -0.1) is 0 Å². The largest absolute Gasteiger partial charge is 0.396 e. The maximum atomic E-state index is 9.28. The van der Waals surface area contributed by atoms with Crippen LogP contribution < -0.4 is 10.6 Å². The highest BCUT2D eigenvalue weighted by Crippen LogP contribution is 2.28. The summed E-state index contributed by atoms with van der Waals surface area (Å²) in [6.45, 7) is 2.62. The molecule has 0 bridgehead atoms. The van der Waals surface area contributed by atoms with Gasteiger partial charge in [-0.05, 0) is 42.9 Å². The fourth-order valence-electron chi connectivity index (χ4n) is 2.78. The molecule has 1 atom stereocenters. The molecule has 4 heteroatoms. The quantitative estimate of drug-likeness (QED) is 0.861. The van der Waals surface area contributed by atoms with Gasteiger partial charge < -0.3 is 15.7 Å². The lowest BCUT2D eigenvalue weighted by molar-refractivity contribution is 0.244. The van der Waals surface area contributed by atoms with Crippen LogP contribution in [0.25, 0.3) is 0 Å². The second kappa shape index (κ2) is 6.55. The third-order valence-corrected chi connectivity index (χ3v) is 3.81. The fraction of sp³-hybridized carbons (Fsp3) is 0.533. The van der Waals surface area contributed by atoms with Crippen molar-refractivity contribution in [3.8, 4) is 6.07 Å². The summed E-state index contributed by atoms with van der Waals surface area (Å²) in [5.74, 6) is 0.527. The van der Waals surface area contributed by atoms with Crippen LogP contribution in [-0.2, 0) is 6.54 Å². The van der Waals surface area contributed by atoms with Gasteiger partial charge in [-0.25, -0.2) is 0 Å². The van der Waals surface area contributed by atoms with E-state index in [0.29, 0.717) is 18.0 Å². The Morgan fingerprint density at radius 2 is 2.32 bits per heavy atom. The van der Waals surface area contributed by atoms with Gasteiger partial charge >= 0.3 is 0 Å². The van der Waals surface area contributed by atoms with Crippen LogP contribution in [-0.4, -0.2) is 24.8 Å². The van der Waals surface area contributed by atoms with Crippen molar-refractivity contribution in [3.63, 3.8) is 0 Å². The predicted octanol–water partition coefficient (Wildman–Crippen LogP) is 1.62. The van der Waals surface area contributed by atoms with Gasteiger partial charge in [0.05, 0.1) is 11.3 Å². The van der Waals surface area contributed by atoms with Gasteiger partial charge in [0, 0.05) is 26.2 Å². The summed E-state index contributed by atoms with van der Waals surface area (Å²) < 4.78 is 0. The van der Waals surface area contributed by atoms with E-state index >= 15 is 0 Å². The fourth-order valence-corrected chi connectivity index (χ4v) is 2.78. The summed E-state index contributed by atoms with van der Waals surface area (Å²) in [5.41, 5.74) is 8.31. The van der Waals surface area contributed by atoms with Gasteiger partial charge in [-0.2, -0.15) is 5.26 Å². The van der Waals surface area contributed by atoms with Crippen molar-refractivity contribution in [1.82, 2.24) is 0 Å². The zero-order valence-corrected chi connectivity index (χ0v) is 11.2. The Labute approximate surface area is 114 Å². The van der Waals surface area contributed by atoms with Crippen molar-refractivity contribution in [1.29, 1.82) is 5.26 Å². The number of nitrogens with two attached hydrogens (primary N) is 1. The van der Waals surface area contributed by atoms with Crippen LogP contribution >= 0.6 is 0 Å². The molecule has 19 heavy (non-hydrogen) atoms. The number of nitrogens with zero attached hydrogens (tertiary/aromatic N) is 2. The molecule has 1 unspecified atom stereocenters. The smallest absolute Gasteiger partial charge is 0.101 e. The Morgan fingerprint density at radius 3 is 3.00 bits per heavy atom. The Morgan fingerprint density at radius 1 is 1.47 bits per heavy atom. The Bertz CT molecular complexity index is 465. The Balaban J connectivity index is 2.19. The molecule has 2 rings (SSSR count). The van der Waals surface area contributed by atoms with Gasteiger partial charge in [0.2, 0.25) is 0 Å². The van der Waals surface area contributed by atoms with Crippen LogP contribution in [0.4, 0.5) is 5.69 Å². The van der Waals surface area contributed by atoms with E-state index in [4.69, 9.17) is 10.8 Å². The van der Waals surface area contributed by atoms with Crippen LogP contribution in [0.5, 0.6) is 0 Å². The number of aliphatic hydroxyl groups excluding tert-OH is 1. The molecule has 0 aliphatic carbocycles. The summed E-state index contributed by atoms with van der Waals surface area (Å²) in [6, 6.07) is 8.14. The molecule has 1 aromatic carbocycles. The summed E-state index contributed by atoms with van der Waals surface area (Å²) in [4.78, 5) is 2.27. The lowest BCUT2D eigenvalue weighted by atomic mass is 9.94. The third kappa shape index (κ3) is 3.25. The molecule has 0 radical (unpaired) electrons. The number of piperidine rings is 1. The number of hydrogen-bond donors (Lipinski definition) is 2. The monoisotopic (exact) mass is 259 g/mol. The number of aliphatic hydroxyl groups is 1. The maximum absolute atomic E-state index is 9.28. The maximum Gasteiger partial charge on any atom is 0.101 e. The van der Waals surface area contributed by atoms with E-state index in [1.165, 1.54) is 6.42 Å². The average Bonchev–Trinajstić information content (AvgIpc) is 2.47. The van der Waals surface area contributed by atoms with Gasteiger partial charge in [-0.3, -0.25) is 0 Å². The summed E-state index contributed by atoms with van der Waals surface area (Å²) in [6.07, 6.45) is 3.13. The van der Waals surface area contributed by atoms with Crippen LogP contribution in [0.1, 0.15) is 30.4 Å². The topological polar surface area (TPSA) is 73.3 Å². The van der Waals surface area contributed by atoms with Crippen LogP contribution in [0.2, 0.25) is 0 Å². The van der Waals surface area contributed by atoms with Gasteiger partial charge in [0.1, 0.15) is 6.07 Å². The SMILES string of the molecule is N#Cc1cc(CN)ccc1N1CCCC(CCO)C1. The number of rotatable bonds is 4. The molecule has 0 spiro atoms. The predicted molar refractivity (Wildman–Crippen MR) is 75.7 cm³/mol. The number of anilines is 1. The van der Waals surface area contributed by atoms with E-state index in [1.54, 1.807) is 0 Å². The molecule has 0 aromatic heterocycles. The standard InChI is InChI=1S/C15H21N3O/c16-9-13-3-4-15(14(8-13)10-17)18-6-1-2-12(11-18)5-7-19/h3-4,8,12,19H,1-2,5-7,9,11,16H2. The lowest BCUT2D eigenvalue weighted by Gasteiger charge is -2.34. The summed E-state index contributed by atoms with van der Waals surface area (Å²) in [5, 5.41) is 18.3. The van der Waals surface area contributed by atoms with Crippen molar-refractivity contribution >= 4 is 5.69 Å². The van der Waals surface area contributed by atoms with E-state index in [9.17, 15) is 5.26 Å². The molecule has 0 amide bonds. The average molecular weight is 259 g/mol. The summed E-state index contributed by atoms with van der Waals surface area (Å²) >= 11 is 0. The van der Waals surface area contributed by atoms with Crippen molar-refractivity contribution in [3.05, 3.63) is 29.3 Å². The molecule has 1 aromatic rings. The Kier molecular flexibility index (Phi) is 4.78. The Hall–Kier alpha value is -1.57. The van der Waals surface area contributed by atoms with E-state index in [-0.39, 0.29) is 6.61 Å². The minimum Gasteiger partial charge on any atom is -0.396 e. The molecule has 1 fully saturated rings. The second-order valence-corrected chi connectivity index (χ2v) is 5.13. The lowest BCUT2D eigenvalue weighted by Crippen LogP contribution is -2.36. The van der Waals surface area contributed by atoms with Gasteiger partial charge in [-0.1, -0.05) is 6.07 Å². The molecule has 3 N–H and O–H groups in total. The summed E-state index contributed by atoms with van der Waals surface area (Å²) in [7, 11) is 0. The minimum atomic E-state index is 0.246. The molecule has 1 aliphatic heterocycles. The zero-order valence-electron chi connectivity index (χ0n) is 11.2. The zero-order chi connectivity index (χ0) is 13.7. The molecular weight excluding hydrogens is 238 g/mol. The minimum absolute atomic E-state index is 0.246. The number of benzene rings is 1. The van der Waals surface area contributed by atoms with Crippen molar-refractivity contribution in [2.75, 3.05) is 24.6 Å². The first-order valence-electron chi connectivity index (χ1n) is 6.87. The second-order valence-electron chi connectivity index (χ2n) is 5.13. The molecule has 102 valence electrons. The van der Waals surface area contributed by atoms with Gasteiger partial charge in [0.25, 0.3) is 0 Å². The highest BCUT2D eigenvalue weighted by molar-refractivity contribution is 5.60. The molecule has 4 nitrogen and oxygen atoms in total. The van der Waals surface area contributed by atoms with Crippen molar-refractivity contribution < 1.29 is 5.11 Å². The first-order valence-corrected chi connectivity index (χ1v) is 6.87. The number of nitriles is 1. The van der Waals surface area contributed by atoms with Crippen LogP contribution in [0.3, 0.4) is 0 Å². The molecular formula is C15H21N3O.